The van der Waals surface area contributed by atoms with Crippen molar-refractivity contribution in [2.45, 2.75) is 26.1 Å². The monoisotopic (exact) mass is 574 g/mol. The van der Waals surface area contributed by atoms with Gasteiger partial charge in [-0.15, -0.1) is 0 Å². The number of fused-ring (bicyclic) bond motifs is 3. The molecule has 1 aliphatic heterocycles. The first-order valence-electron chi connectivity index (χ1n) is 13.3. The fourth-order valence-electron chi connectivity index (χ4n) is 4.51. The van der Waals surface area contributed by atoms with E-state index in [-0.39, 0.29) is 5.88 Å². The third kappa shape index (κ3) is 5.36. The van der Waals surface area contributed by atoms with Crippen LogP contribution in [0.4, 0.5) is 15.8 Å². The van der Waals surface area contributed by atoms with Gasteiger partial charge in [0, 0.05) is 24.6 Å². The SMILES string of the molecule is COC(C)Oc1cc2ncnc(Oc3ccc(NC(=O)C4(C(=O)Nc5ccc(F)cc5)CC4)cc3)c2c2c1OCCO2. The van der Waals surface area contributed by atoms with Crippen LogP contribution in [0.1, 0.15) is 19.8 Å². The van der Waals surface area contributed by atoms with Crippen molar-refractivity contribution in [2.75, 3.05) is 31.0 Å². The highest BCUT2D eigenvalue weighted by Crippen LogP contribution is 2.49. The van der Waals surface area contributed by atoms with Crippen LogP contribution in [0.25, 0.3) is 10.9 Å². The van der Waals surface area contributed by atoms with Gasteiger partial charge >= 0.3 is 0 Å². The Kier molecular flexibility index (Phi) is 7.21. The predicted octanol–water partition coefficient (Wildman–Crippen LogP) is 5.06. The van der Waals surface area contributed by atoms with Gasteiger partial charge in [0.1, 0.15) is 41.9 Å². The van der Waals surface area contributed by atoms with Crippen LogP contribution >= 0.6 is 0 Å². The molecule has 1 saturated carbocycles. The number of amides is 2. The van der Waals surface area contributed by atoms with Crippen LogP contribution in [0.2, 0.25) is 0 Å². The van der Waals surface area contributed by atoms with Crippen molar-refractivity contribution in [3.8, 4) is 28.9 Å². The van der Waals surface area contributed by atoms with E-state index in [1.54, 1.807) is 37.3 Å². The molecule has 3 aromatic carbocycles. The normalized spacial score (nSPS) is 15.4. The third-order valence-electron chi connectivity index (χ3n) is 7.02. The van der Waals surface area contributed by atoms with Gasteiger partial charge in [-0.25, -0.2) is 14.4 Å². The molecule has 2 aliphatic rings. The maximum atomic E-state index is 13.2. The molecule has 2 heterocycles. The molecule has 12 heteroatoms. The summed E-state index contributed by atoms with van der Waals surface area (Å²) in [6.45, 7) is 2.44. The van der Waals surface area contributed by atoms with Crippen LogP contribution in [-0.4, -0.2) is 48.4 Å². The molecule has 1 aliphatic carbocycles. The lowest BCUT2D eigenvalue weighted by molar-refractivity contribution is -0.131. The predicted molar refractivity (Wildman–Crippen MR) is 149 cm³/mol. The van der Waals surface area contributed by atoms with Gasteiger partial charge in [-0.05, 0) is 68.3 Å². The number of nitrogens with zero attached hydrogens (tertiary/aromatic N) is 2. The van der Waals surface area contributed by atoms with Gasteiger partial charge in [0.25, 0.3) is 0 Å². The highest BCUT2D eigenvalue weighted by atomic mass is 19.1. The third-order valence-corrected chi connectivity index (χ3v) is 7.02. The van der Waals surface area contributed by atoms with E-state index in [2.05, 4.69) is 20.6 Å². The summed E-state index contributed by atoms with van der Waals surface area (Å²) < 4.78 is 42.1. The van der Waals surface area contributed by atoms with Gasteiger partial charge in [0.05, 0.1) is 5.52 Å². The summed E-state index contributed by atoms with van der Waals surface area (Å²) in [6, 6.07) is 13.8. The van der Waals surface area contributed by atoms with Crippen LogP contribution in [0, 0.1) is 11.2 Å². The first kappa shape index (κ1) is 27.2. The molecule has 4 aromatic rings. The minimum atomic E-state index is -1.17. The van der Waals surface area contributed by atoms with Crippen LogP contribution in [0.15, 0.2) is 60.9 Å². The largest absolute Gasteiger partial charge is 0.485 e. The lowest BCUT2D eigenvalue weighted by Gasteiger charge is -2.24. The summed E-state index contributed by atoms with van der Waals surface area (Å²) in [7, 11) is 1.54. The first-order chi connectivity index (χ1) is 20.4. The zero-order valence-corrected chi connectivity index (χ0v) is 22.8. The van der Waals surface area contributed by atoms with E-state index in [1.165, 1.54) is 37.7 Å². The molecule has 0 saturated heterocycles. The quantitative estimate of drug-likeness (QED) is 0.208. The second-order valence-electron chi connectivity index (χ2n) is 9.85. The molecule has 6 rings (SSSR count). The van der Waals surface area contributed by atoms with Crippen molar-refractivity contribution in [1.82, 2.24) is 9.97 Å². The molecule has 2 N–H and O–H groups in total. The molecule has 1 atom stereocenters. The van der Waals surface area contributed by atoms with Crippen molar-refractivity contribution >= 4 is 34.1 Å². The number of methoxy groups -OCH3 is 1. The number of ether oxygens (including phenoxy) is 5. The number of carbonyl (C=O) groups is 2. The van der Waals surface area contributed by atoms with Crippen LogP contribution in [0.3, 0.4) is 0 Å². The summed E-state index contributed by atoms with van der Waals surface area (Å²) >= 11 is 0. The van der Waals surface area contributed by atoms with E-state index in [9.17, 15) is 14.0 Å². The number of carbonyl (C=O) groups excluding carboxylic acids is 2. The standard InChI is InChI=1S/C30H27FN4O7/c1-17(38-2)41-23-15-22-24(26-25(23)39-13-14-40-26)27(33-16-32-22)42-21-9-7-20(8-10-21)35-29(37)30(11-12-30)28(36)34-19-5-3-18(31)4-6-19/h3-10,15-17H,11-14H2,1-2H3,(H,34,36)(H,35,37). The van der Waals surface area contributed by atoms with E-state index in [0.717, 1.165) is 0 Å². The smallest absolute Gasteiger partial charge is 0.240 e. The van der Waals surface area contributed by atoms with Crippen LogP contribution < -0.4 is 29.6 Å². The summed E-state index contributed by atoms with van der Waals surface area (Å²) in [4.78, 5) is 34.5. The van der Waals surface area contributed by atoms with Crippen molar-refractivity contribution in [3.63, 3.8) is 0 Å². The molecular formula is C30H27FN4O7. The number of benzene rings is 3. The number of nitrogens with one attached hydrogen (secondary N) is 2. The molecule has 1 unspecified atom stereocenters. The van der Waals surface area contributed by atoms with E-state index >= 15 is 0 Å². The summed E-state index contributed by atoms with van der Waals surface area (Å²) in [6.07, 6.45) is 1.69. The van der Waals surface area contributed by atoms with Crippen molar-refractivity contribution in [2.24, 2.45) is 5.41 Å². The van der Waals surface area contributed by atoms with E-state index < -0.39 is 29.3 Å². The molecule has 0 radical (unpaired) electrons. The van der Waals surface area contributed by atoms with E-state index in [4.69, 9.17) is 23.7 Å². The van der Waals surface area contributed by atoms with Gasteiger partial charge in [-0.1, -0.05) is 0 Å². The highest BCUT2D eigenvalue weighted by molar-refractivity contribution is 6.16. The number of anilines is 2. The van der Waals surface area contributed by atoms with Crippen LogP contribution in [0.5, 0.6) is 28.9 Å². The second-order valence-corrected chi connectivity index (χ2v) is 9.85. The van der Waals surface area contributed by atoms with Crippen molar-refractivity contribution in [1.29, 1.82) is 0 Å². The summed E-state index contributed by atoms with van der Waals surface area (Å²) in [5, 5.41) is 6.02. The number of halogens is 1. The van der Waals surface area contributed by atoms with Gasteiger partial charge in [0.15, 0.2) is 17.8 Å². The molecule has 0 spiro atoms. The Bertz CT molecular complexity index is 1640. The molecule has 1 fully saturated rings. The molecule has 0 bridgehead atoms. The lowest BCUT2D eigenvalue weighted by Crippen LogP contribution is -2.35. The Hall–Kier alpha value is -4.97. The average Bonchev–Trinajstić information content (AvgIpc) is 3.82. The highest BCUT2D eigenvalue weighted by Gasteiger charge is 2.56. The minimum absolute atomic E-state index is 0.249. The van der Waals surface area contributed by atoms with Gasteiger partial charge < -0.3 is 34.3 Å². The molecule has 216 valence electrons. The second kappa shape index (κ2) is 11.1. The Morgan fingerprint density at radius 3 is 2.17 bits per heavy atom. The lowest BCUT2D eigenvalue weighted by atomic mass is 10.0. The fraction of sp³-hybridized carbons (Fsp3) is 0.267. The fourth-order valence-corrected chi connectivity index (χ4v) is 4.51. The van der Waals surface area contributed by atoms with Gasteiger partial charge in [0.2, 0.25) is 23.4 Å². The van der Waals surface area contributed by atoms with Crippen molar-refractivity contribution < 1.29 is 37.7 Å². The molecule has 11 nitrogen and oxygen atoms in total. The zero-order valence-electron chi connectivity index (χ0n) is 22.8. The van der Waals surface area contributed by atoms with Crippen molar-refractivity contribution in [3.05, 3.63) is 66.7 Å². The molecule has 2 amide bonds. The minimum Gasteiger partial charge on any atom is -0.485 e. The van der Waals surface area contributed by atoms with Crippen LogP contribution in [-0.2, 0) is 14.3 Å². The number of rotatable bonds is 9. The number of aromatic nitrogens is 2. The van der Waals surface area contributed by atoms with E-state index in [0.29, 0.717) is 71.3 Å². The summed E-state index contributed by atoms with van der Waals surface area (Å²) in [5.74, 6) is 0.685. The average molecular weight is 575 g/mol. The Labute approximate surface area is 239 Å². The van der Waals surface area contributed by atoms with E-state index in [1.807, 2.05) is 0 Å². The maximum absolute atomic E-state index is 13.2. The Morgan fingerprint density at radius 1 is 0.929 bits per heavy atom. The zero-order chi connectivity index (χ0) is 29.3. The molecule has 42 heavy (non-hydrogen) atoms. The Balaban J connectivity index is 1.18. The first-order valence-corrected chi connectivity index (χ1v) is 13.3. The van der Waals surface area contributed by atoms with Gasteiger partial charge in [-0.3, -0.25) is 9.59 Å². The van der Waals surface area contributed by atoms with Gasteiger partial charge in [-0.2, -0.15) is 0 Å². The maximum Gasteiger partial charge on any atom is 0.240 e. The number of hydrogen-bond acceptors (Lipinski definition) is 9. The molecular weight excluding hydrogens is 547 g/mol. The Morgan fingerprint density at radius 2 is 1.55 bits per heavy atom. The topological polar surface area (TPSA) is 130 Å². The number of hydrogen-bond donors (Lipinski definition) is 2. The molecule has 1 aromatic heterocycles. The summed E-state index contributed by atoms with van der Waals surface area (Å²) in [5.41, 5.74) is 0.267.